The predicted molar refractivity (Wildman–Crippen MR) is 76.4 cm³/mol. The maximum Gasteiger partial charge on any atom is 0.0192 e. The molecule has 1 heterocycles. The fourth-order valence-electron chi connectivity index (χ4n) is 2.92. The molecule has 0 bridgehead atoms. The topological polar surface area (TPSA) is 15.3 Å². The molecule has 1 N–H and O–H groups in total. The Kier molecular flexibility index (Phi) is 5.94. The first-order chi connectivity index (χ1) is 7.97. The van der Waals surface area contributed by atoms with E-state index >= 15 is 0 Å². The van der Waals surface area contributed by atoms with Crippen LogP contribution in [0.2, 0.25) is 0 Å². The van der Waals surface area contributed by atoms with Crippen LogP contribution >= 0.6 is 0 Å². The Bertz CT molecular complexity index is 199. The van der Waals surface area contributed by atoms with E-state index in [2.05, 4.69) is 44.8 Å². The smallest absolute Gasteiger partial charge is 0.0192 e. The number of piperidine rings is 1. The van der Waals surface area contributed by atoms with Gasteiger partial charge in [0, 0.05) is 12.6 Å². The number of rotatable bonds is 5. The van der Waals surface area contributed by atoms with Crippen LogP contribution in [0.1, 0.15) is 53.9 Å². The third kappa shape index (κ3) is 4.97. The van der Waals surface area contributed by atoms with Gasteiger partial charge in [0.15, 0.2) is 0 Å². The Morgan fingerprint density at radius 2 is 1.76 bits per heavy atom. The van der Waals surface area contributed by atoms with E-state index in [0.29, 0.717) is 11.5 Å². The minimum Gasteiger partial charge on any atom is -0.313 e. The quantitative estimate of drug-likeness (QED) is 0.794. The zero-order valence-corrected chi connectivity index (χ0v) is 12.6. The van der Waals surface area contributed by atoms with Crippen molar-refractivity contribution in [3.05, 3.63) is 0 Å². The van der Waals surface area contributed by atoms with E-state index in [4.69, 9.17) is 0 Å². The van der Waals surface area contributed by atoms with Gasteiger partial charge in [0.25, 0.3) is 0 Å². The second-order valence-corrected chi connectivity index (χ2v) is 6.60. The maximum atomic E-state index is 3.58. The van der Waals surface area contributed by atoms with Gasteiger partial charge in [-0.3, -0.25) is 0 Å². The lowest BCUT2D eigenvalue weighted by atomic mass is 9.75. The molecule has 1 atom stereocenters. The minimum absolute atomic E-state index is 0.498. The van der Waals surface area contributed by atoms with Gasteiger partial charge in [-0.25, -0.2) is 0 Å². The van der Waals surface area contributed by atoms with Crippen molar-refractivity contribution in [3.8, 4) is 0 Å². The molecule has 2 heteroatoms. The Labute approximate surface area is 108 Å². The summed E-state index contributed by atoms with van der Waals surface area (Å²) in [5.74, 6) is 0.915. The number of likely N-dealkylation sites (N-methyl/N-ethyl adjacent to an activating group) is 1. The van der Waals surface area contributed by atoms with Gasteiger partial charge in [0.05, 0.1) is 0 Å². The summed E-state index contributed by atoms with van der Waals surface area (Å²) in [5.41, 5.74) is 0.498. The van der Waals surface area contributed by atoms with Gasteiger partial charge in [0.2, 0.25) is 0 Å². The number of nitrogens with zero attached hydrogens (tertiary/aromatic N) is 1. The molecule has 0 aromatic rings. The van der Waals surface area contributed by atoms with Crippen LogP contribution in [0.15, 0.2) is 0 Å². The molecule has 17 heavy (non-hydrogen) atoms. The average Bonchev–Trinajstić information content (AvgIpc) is 2.28. The molecule has 0 saturated carbocycles. The summed E-state index contributed by atoms with van der Waals surface area (Å²) in [4.78, 5) is 2.65. The molecule has 1 fully saturated rings. The van der Waals surface area contributed by atoms with Crippen LogP contribution in [0.25, 0.3) is 0 Å². The standard InChI is InChI=1S/C15H32N2/c1-6-14(16-7-2)12-17-10-8-13(9-11-17)15(3,4)5/h13-14,16H,6-12H2,1-5H3. The van der Waals surface area contributed by atoms with Gasteiger partial charge in [-0.2, -0.15) is 0 Å². The molecule has 2 nitrogen and oxygen atoms in total. The summed E-state index contributed by atoms with van der Waals surface area (Å²) in [6.07, 6.45) is 4.01. The molecular weight excluding hydrogens is 208 g/mol. The molecular formula is C15H32N2. The largest absolute Gasteiger partial charge is 0.313 e. The highest BCUT2D eigenvalue weighted by Gasteiger charge is 2.29. The Morgan fingerprint density at radius 1 is 1.18 bits per heavy atom. The molecule has 1 saturated heterocycles. The van der Waals surface area contributed by atoms with E-state index in [1.807, 2.05) is 0 Å². The first-order valence-electron chi connectivity index (χ1n) is 7.43. The molecule has 0 aromatic carbocycles. The van der Waals surface area contributed by atoms with Crippen LogP contribution < -0.4 is 5.32 Å². The first-order valence-corrected chi connectivity index (χ1v) is 7.43. The van der Waals surface area contributed by atoms with Crippen molar-refractivity contribution in [2.24, 2.45) is 11.3 Å². The fraction of sp³-hybridized carbons (Fsp3) is 1.00. The molecule has 102 valence electrons. The van der Waals surface area contributed by atoms with Crippen molar-refractivity contribution in [2.45, 2.75) is 59.9 Å². The molecule has 1 unspecified atom stereocenters. The van der Waals surface area contributed by atoms with Crippen molar-refractivity contribution in [1.82, 2.24) is 10.2 Å². The van der Waals surface area contributed by atoms with Crippen molar-refractivity contribution < 1.29 is 0 Å². The number of nitrogens with one attached hydrogen (secondary N) is 1. The van der Waals surface area contributed by atoms with E-state index in [1.165, 1.54) is 38.9 Å². The summed E-state index contributed by atoms with van der Waals surface area (Å²) in [6, 6.07) is 0.686. The normalized spacial score (nSPS) is 21.7. The highest BCUT2D eigenvalue weighted by Crippen LogP contribution is 2.34. The van der Waals surface area contributed by atoms with Gasteiger partial charge < -0.3 is 10.2 Å². The highest BCUT2D eigenvalue weighted by molar-refractivity contribution is 4.82. The van der Waals surface area contributed by atoms with E-state index in [0.717, 1.165) is 12.5 Å². The van der Waals surface area contributed by atoms with Crippen LogP contribution in [0.5, 0.6) is 0 Å². The van der Waals surface area contributed by atoms with E-state index in [-0.39, 0.29) is 0 Å². The van der Waals surface area contributed by atoms with Gasteiger partial charge >= 0.3 is 0 Å². The van der Waals surface area contributed by atoms with Gasteiger partial charge in [-0.05, 0) is 50.2 Å². The van der Waals surface area contributed by atoms with Gasteiger partial charge in [-0.15, -0.1) is 0 Å². The zero-order chi connectivity index (χ0) is 12.9. The third-order valence-corrected chi connectivity index (χ3v) is 4.28. The lowest BCUT2D eigenvalue weighted by Crippen LogP contribution is -2.45. The monoisotopic (exact) mass is 240 g/mol. The Morgan fingerprint density at radius 3 is 2.18 bits per heavy atom. The second-order valence-electron chi connectivity index (χ2n) is 6.60. The number of hydrogen-bond acceptors (Lipinski definition) is 2. The highest BCUT2D eigenvalue weighted by atomic mass is 15.2. The van der Waals surface area contributed by atoms with Crippen molar-refractivity contribution in [1.29, 1.82) is 0 Å². The molecule has 1 aliphatic heterocycles. The molecule has 0 amide bonds. The molecule has 1 aliphatic rings. The lowest BCUT2D eigenvalue weighted by Gasteiger charge is -2.39. The maximum absolute atomic E-state index is 3.58. The summed E-state index contributed by atoms with van der Waals surface area (Å²) in [6.45, 7) is 16.6. The second kappa shape index (κ2) is 6.75. The molecule has 1 rings (SSSR count). The molecule has 0 radical (unpaired) electrons. The summed E-state index contributed by atoms with van der Waals surface area (Å²) in [5, 5.41) is 3.58. The molecule has 0 aliphatic carbocycles. The third-order valence-electron chi connectivity index (χ3n) is 4.28. The van der Waals surface area contributed by atoms with Crippen molar-refractivity contribution in [3.63, 3.8) is 0 Å². The number of hydrogen-bond donors (Lipinski definition) is 1. The predicted octanol–water partition coefficient (Wildman–Crippen LogP) is 3.13. The van der Waals surface area contributed by atoms with Crippen LogP contribution in [0.4, 0.5) is 0 Å². The van der Waals surface area contributed by atoms with Crippen molar-refractivity contribution in [2.75, 3.05) is 26.2 Å². The molecule has 0 spiro atoms. The van der Waals surface area contributed by atoms with Crippen LogP contribution in [0, 0.1) is 11.3 Å². The van der Waals surface area contributed by atoms with Crippen LogP contribution in [-0.4, -0.2) is 37.1 Å². The summed E-state index contributed by atoms with van der Waals surface area (Å²) in [7, 11) is 0. The SMILES string of the molecule is CCNC(CC)CN1CCC(C(C)(C)C)CC1. The fourth-order valence-corrected chi connectivity index (χ4v) is 2.92. The first kappa shape index (κ1) is 15.0. The lowest BCUT2D eigenvalue weighted by molar-refractivity contribution is 0.105. The van der Waals surface area contributed by atoms with Crippen LogP contribution in [0.3, 0.4) is 0 Å². The van der Waals surface area contributed by atoms with E-state index in [9.17, 15) is 0 Å². The summed E-state index contributed by atoms with van der Waals surface area (Å²) < 4.78 is 0. The zero-order valence-electron chi connectivity index (χ0n) is 12.6. The molecule has 0 aromatic heterocycles. The van der Waals surface area contributed by atoms with E-state index < -0.39 is 0 Å². The van der Waals surface area contributed by atoms with E-state index in [1.54, 1.807) is 0 Å². The minimum atomic E-state index is 0.498. The van der Waals surface area contributed by atoms with Crippen molar-refractivity contribution >= 4 is 0 Å². The van der Waals surface area contributed by atoms with Crippen LogP contribution in [-0.2, 0) is 0 Å². The Balaban J connectivity index is 2.31. The van der Waals surface area contributed by atoms with Gasteiger partial charge in [-0.1, -0.05) is 34.6 Å². The number of likely N-dealkylation sites (tertiary alicyclic amines) is 1. The van der Waals surface area contributed by atoms with Gasteiger partial charge in [0.1, 0.15) is 0 Å². The Hall–Kier alpha value is -0.0800. The summed E-state index contributed by atoms with van der Waals surface area (Å²) >= 11 is 0. The average molecular weight is 240 g/mol.